The molecule has 3 aromatic heterocycles. The normalized spacial score (nSPS) is 10.9. The fourth-order valence-corrected chi connectivity index (χ4v) is 2.80. The van der Waals surface area contributed by atoms with Gasteiger partial charge in [0.05, 0.1) is 17.8 Å². The molecular formula is C20H14F2N4O. The topological polar surface area (TPSA) is 59.3 Å². The van der Waals surface area contributed by atoms with Crippen LogP contribution in [0.1, 0.15) is 16.2 Å². The number of nitrogens with zero attached hydrogens (tertiary/aromatic N) is 3. The maximum absolute atomic E-state index is 13.7. The molecule has 0 spiro atoms. The molecule has 0 atom stereocenters. The van der Waals surface area contributed by atoms with E-state index in [0.717, 1.165) is 0 Å². The van der Waals surface area contributed by atoms with Gasteiger partial charge in [0.15, 0.2) is 5.69 Å². The Morgan fingerprint density at radius 1 is 1.04 bits per heavy atom. The summed E-state index contributed by atoms with van der Waals surface area (Å²) in [5.41, 5.74) is 1.61. The molecule has 134 valence electrons. The lowest BCUT2D eigenvalue weighted by Gasteiger charge is -2.04. The molecule has 0 fully saturated rings. The number of amides is 1. The Morgan fingerprint density at radius 2 is 1.85 bits per heavy atom. The number of imidazole rings is 1. The number of pyridine rings is 2. The van der Waals surface area contributed by atoms with E-state index in [1.165, 1.54) is 30.5 Å². The highest BCUT2D eigenvalue weighted by Crippen LogP contribution is 2.23. The number of hydrogen-bond acceptors (Lipinski definition) is 3. The number of carbonyl (C=O) groups is 1. The van der Waals surface area contributed by atoms with Crippen molar-refractivity contribution in [2.45, 2.75) is 6.54 Å². The summed E-state index contributed by atoms with van der Waals surface area (Å²) in [6.07, 6.45) is 3.24. The van der Waals surface area contributed by atoms with Crippen molar-refractivity contribution in [2.75, 3.05) is 0 Å². The molecule has 0 aliphatic heterocycles. The minimum absolute atomic E-state index is 0.0523. The molecular weight excluding hydrogens is 350 g/mol. The molecule has 1 N–H and O–H groups in total. The van der Waals surface area contributed by atoms with Crippen LogP contribution in [-0.2, 0) is 6.54 Å². The quantitative estimate of drug-likeness (QED) is 0.602. The van der Waals surface area contributed by atoms with Crippen LogP contribution in [-0.4, -0.2) is 20.3 Å². The zero-order valence-electron chi connectivity index (χ0n) is 14.1. The highest BCUT2D eigenvalue weighted by Gasteiger charge is 2.18. The third-order valence-electron chi connectivity index (χ3n) is 4.12. The van der Waals surface area contributed by atoms with Crippen molar-refractivity contribution >= 4 is 11.4 Å². The highest BCUT2D eigenvalue weighted by atomic mass is 19.1. The van der Waals surface area contributed by atoms with Gasteiger partial charge in [-0.3, -0.25) is 14.2 Å². The number of nitrogens with one attached hydrogen (secondary N) is 1. The Labute approximate surface area is 153 Å². The summed E-state index contributed by atoms with van der Waals surface area (Å²) in [5, 5.41) is 2.64. The van der Waals surface area contributed by atoms with Crippen molar-refractivity contribution in [3.05, 3.63) is 90.0 Å². The van der Waals surface area contributed by atoms with Crippen molar-refractivity contribution in [1.29, 1.82) is 0 Å². The van der Waals surface area contributed by atoms with Crippen molar-refractivity contribution in [3.8, 4) is 11.4 Å². The predicted molar refractivity (Wildman–Crippen MR) is 96.0 cm³/mol. The van der Waals surface area contributed by atoms with Crippen molar-refractivity contribution in [2.24, 2.45) is 0 Å². The van der Waals surface area contributed by atoms with Gasteiger partial charge in [-0.05, 0) is 48.5 Å². The predicted octanol–water partition coefficient (Wildman–Crippen LogP) is 3.60. The Morgan fingerprint density at radius 3 is 2.63 bits per heavy atom. The molecule has 0 unspecified atom stereocenters. The van der Waals surface area contributed by atoms with Crippen LogP contribution in [0.4, 0.5) is 8.78 Å². The lowest BCUT2D eigenvalue weighted by atomic mass is 10.2. The molecule has 1 aromatic carbocycles. The minimum Gasteiger partial charge on any atom is -0.345 e. The summed E-state index contributed by atoms with van der Waals surface area (Å²) >= 11 is 0. The van der Waals surface area contributed by atoms with Crippen LogP contribution in [0.5, 0.6) is 0 Å². The number of rotatable bonds is 4. The third-order valence-corrected chi connectivity index (χ3v) is 4.12. The summed E-state index contributed by atoms with van der Waals surface area (Å²) in [4.78, 5) is 21.0. The van der Waals surface area contributed by atoms with Crippen LogP contribution in [0.25, 0.3) is 16.9 Å². The molecule has 0 saturated carbocycles. The van der Waals surface area contributed by atoms with Gasteiger partial charge in [-0.25, -0.2) is 13.8 Å². The molecule has 4 aromatic rings. The number of hydrogen-bond donors (Lipinski definition) is 1. The second-order valence-corrected chi connectivity index (χ2v) is 5.86. The van der Waals surface area contributed by atoms with E-state index >= 15 is 0 Å². The van der Waals surface area contributed by atoms with Gasteiger partial charge in [-0.15, -0.1) is 0 Å². The molecule has 27 heavy (non-hydrogen) atoms. The average Bonchev–Trinajstić information content (AvgIpc) is 3.08. The first kappa shape index (κ1) is 16.8. The number of benzene rings is 1. The molecule has 0 bridgehead atoms. The van der Waals surface area contributed by atoms with Gasteiger partial charge >= 0.3 is 0 Å². The smallest absolute Gasteiger partial charge is 0.272 e. The molecule has 5 nitrogen and oxygen atoms in total. The van der Waals surface area contributed by atoms with Crippen LogP contribution >= 0.6 is 0 Å². The van der Waals surface area contributed by atoms with Crippen LogP contribution in [0.3, 0.4) is 0 Å². The Kier molecular flexibility index (Phi) is 4.33. The van der Waals surface area contributed by atoms with E-state index in [4.69, 9.17) is 0 Å². The molecule has 0 aliphatic carbocycles. The molecule has 7 heteroatoms. The summed E-state index contributed by atoms with van der Waals surface area (Å²) in [7, 11) is 0. The van der Waals surface area contributed by atoms with E-state index in [-0.39, 0.29) is 23.7 Å². The molecule has 3 heterocycles. The summed E-state index contributed by atoms with van der Waals surface area (Å²) in [6, 6.07) is 14.0. The first-order valence-corrected chi connectivity index (χ1v) is 8.24. The molecule has 4 rings (SSSR count). The summed E-state index contributed by atoms with van der Waals surface area (Å²) in [6.45, 7) is -0.0523. The SMILES string of the molecule is O=C(NCc1ncccc1F)c1nc(-c2ccc(F)cc2)n2ccccc12. The first-order chi connectivity index (χ1) is 13.1. The zero-order chi connectivity index (χ0) is 18.8. The van der Waals surface area contributed by atoms with E-state index in [1.807, 2.05) is 6.07 Å². The van der Waals surface area contributed by atoms with Gasteiger partial charge in [0, 0.05) is 18.0 Å². The lowest BCUT2D eigenvalue weighted by molar-refractivity contribution is 0.0947. The fraction of sp³-hybridized carbons (Fsp3) is 0.0500. The van der Waals surface area contributed by atoms with Gasteiger partial charge in [-0.1, -0.05) is 6.07 Å². The third kappa shape index (κ3) is 3.27. The highest BCUT2D eigenvalue weighted by molar-refractivity contribution is 6.00. The zero-order valence-corrected chi connectivity index (χ0v) is 14.1. The van der Waals surface area contributed by atoms with Crippen molar-refractivity contribution in [1.82, 2.24) is 19.7 Å². The van der Waals surface area contributed by atoms with Crippen LogP contribution in [0, 0.1) is 11.6 Å². The maximum atomic E-state index is 13.7. The molecule has 0 aliphatic rings. The molecule has 0 radical (unpaired) electrons. The number of aromatic nitrogens is 3. The Hall–Kier alpha value is -3.61. The van der Waals surface area contributed by atoms with Gasteiger partial charge in [0.1, 0.15) is 17.5 Å². The van der Waals surface area contributed by atoms with E-state index in [0.29, 0.717) is 16.9 Å². The minimum atomic E-state index is -0.487. The Bertz CT molecular complexity index is 1120. The lowest BCUT2D eigenvalue weighted by Crippen LogP contribution is -2.24. The van der Waals surface area contributed by atoms with Gasteiger partial charge in [0.25, 0.3) is 5.91 Å². The van der Waals surface area contributed by atoms with Crippen LogP contribution in [0.2, 0.25) is 0 Å². The number of fused-ring (bicyclic) bond motifs is 1. The maximum Gasteiger partial charge on any atom is 0.272 e. The average molecular weight is 364 g/mol. The standard InChI is InChI=1S/C20H14F2N4O/c21-14-8-6-13(7-9-14)19-25-18(17-5-1-2-11-26(17)19)20(27)24-12-16-15(22)4-3-10-23-16/h1-11H,12H2,(H,24,27). The van der Waals surface area contributed by atoms with Crippen LogP contribution < -0.4 is 5.32 Å². The van der Waals surface area contributed by atoms with E-state index < -0.39 is 11.7 Å². The van der Waals surface area contributed by atoms with Crippen LogP contribution in [0.15, 0.2) is 67.0 Å². The molecule has 0 saturated heterocycles. The van der Waals surface area contributed by atoms with E-state index in [2.05, 4.69) is 15.3 Å². The summed E-state index contributed by atoms with van der Waals surface area (Å²) in [5.74, 6) is -0.772. The van der Waals surface area contributed by atoms with Gasteiger partial charge in [-0.2, -0.15) is 0 Å². The van der Waals surface area contributed by atoms with Crippen molar-refractivity contribution in [3.63, 3.8) is 0 Å². The fourth-order valence-electron chi connectivity index (χ4n) is 2.80. The van der Waals surface area contributed by atoms with E-state index in [1.54, 1.807) is 34.9 Å². The second kappa shape index (κ2) is 6.95. The first-order valence-electron chi connectivity index (χ1n) is 8.24. The second-order valence-electron chi connectivity index (χ2n) is 5.86. The van der Waals surface area contributed by atoms with E-state index in [9.17, 15) is 13.6 Å². The van der Waals surface area contributed by atoms with Gasteiger partial charge in [0.2, 0.25) is 0 Å². The largest absolute Gasteiger partial charge is 0.345 e. The molecule has 1 amide bonds. The Balaban J connectivity index is 1.68. The van der Waals surface area contributed by atoms with Crippen molar-refractivity contribution < 1.29 is 13.6 Å². The summed E-state index contributed by atoms with van der Waals surface area (Å²) < 4.78 is 28.7. The number of carbonyl (C=O) groups excluding carboxylic acids is 1. The monoisotopic (exact) mass is 364 g/mol. The number of halogens is 2. The van der Waals surface area contributed by atoms with Gasteiger partial charge < -0.3 is 5.32 Å².